The average molecular weight is 414 g/mol. The van der Waals surface area contributed by atoms with Gasteiger partial charge in [-0.1, -0.05) is 0 Å². The van der Waals surface area contributed by atoms with E-state index >= 15 is 0 Å². The van der Waals surface area contributed by atoms with Gasteiger partial charge >= 0.3 is 6.03 Å². The van der Waals surface area contributed by atoms with Gasteiger partial charge in [0.2, 0.25) is 5.88 Å². The van der Waals surface area contributed by atoms with Gasteiger partial charge in [-0.3, -0.25) is 5.32 Å². The number of likely N-dealkylation sites (tertiary alicyclic amines) is 1. The third kappa shape index (κ3) is 6.30. The summed E-state index contributed by atoms with van der Waals surface area (Å²) in [6.07, 6.45) is 3.30. The normalized spacial score (nSPS) is 15.2. The molecule has 0 unspecified atom stereocenters. The number of piperidine rings is 1. The first-order chi connectivity index (χ1) is 14.4. The Balaban J connectivity index is 1.51. The van der Waals surface area contributed by atoms with Crippen LogP contribution < -0.4 is 15.8 Å². The van der Waals surface area contributed by atoms with Gasteiger partial charge in [0, 0.05) is 51.0 Å². The van der Waals surface area contributed by atoms with E-state index in [-0.39, 0.29) is 12.1 Å². The Hall–Kier alpha value is -2.91. The predicted octanol–water partition coefficient (Wildman–Crippen LogP) is 2.34. The first kappa shape index (κ1) is 21.8. The number of ether oxygens (including phenoxy) is 1. The fraction of sp³-hybridized carbons (Fsp3) is 0.476. The summed E-state index contributed by atoms with van der Waals surface area (Å²) in [6.45, 7) is 4.12. The third-order valence-corrected chi connectivity index (χ3v) is 5.27. The van der Waals surface area contributed by atoms with Crippen molar-refractivity contribution in [3.05, 3.63) is 36.7 Å². The minimum atomic E-state index is -0.182. The zero-order valence-electron chi connectivity index (χ0n) is 17.9. The standard InChI is InChI=1S/C21H31N7O2/c1-26(2)12-13-28-10-8-17(9-11-28)27(3)21(29)25-19-14-20(24-15-23-19)30-18-6-4-16(22)5-7-18/h4-7,14-15,17H,8-13,22H2,1-3H3,(H,23,24,25,29). The number of nitrogens with zero attached hydrogens (tertiary/aromatic N) is 5. The molecule has 1 fully saturated rings. The van der Waals surface area contributed by atoms with Gasteiger partial charge in [0.25, 0.3) is 0 Å². The van der Waals surface area contributed by atoms with E-state index in [1.165, 1.54) is 6.33 Å². The van der Waals surface area contributed by atoms with Crippen molar-refractivity contribution >= 4 is 17.5 Å². The SMILES string of the molecule is CN(C)CCN1CCC(N(C)C(=O)Nc2cc(Oc3ccc(N)cc3)ncn2)CC1. The molecule has 9 heteroatoms. The second kappa shape index (κ2) is 10.2. The van der Waals surface area contributed by atoms with Crippen molar-refractivity contribution in [3.63, 3.8) is 0 Å². The van der Waals surface area contributed by atoms with E-state index < -0.39 is 0 Å². The van der Waals surface area contributed by atoms with Crippen LogP contribution in [0.5, 0.6) is 11.6 Å². The number of hydrogen-bond acceptors (Lipinski definition) is 7. The molecule has 30 heavy (non-hydrogen) atoms. The molecule has 0 aliphatic carbocycles. The number of anilines is 2. The monoisotopic (exact) mass is 413 g/mol. The highest BCUT2D eigenvalue weighted by atomic mass is 16.5. The van der Waals surface area contributed by atoms with Gasteiger partial charge in [-0.25, -0.2) is 14.8 Å². The van der Waals surface area contributed by atoms with Crippen LogP contribution >= 0.6 is 0 Å². The average Bonchev–Trinajstić information content (AvgIpc) is 2.74. The molecule has 2 amide bonds. The van der Waals surface area contributed by atoms with E-state index in [1.807, 2.05) is 7.05 Å². The Bertz CT molecular complexity index is 820. The van der Waals surface area contributed by atoms with Crippen LogP contribution in [0.25, 0.3) is 0 Å². The number of benzene rings is 1. The number of nitrogen functional groups attached to an aromatic ring is 1. The Morgan fingerprint density at radius 3 is 2.57 bits per heavy atom. The van der Waals surface area contributed by atoms with Gasteiger partial charge in [0.15, 0.2) is 0 Å². The van der Waals surface area contributed by atoms with Crippen LogP contribution in [0.15, 0.2) is 36.7 Å². The molecule has 9 nitrogen and oxygen atoms in total. The quantitative estimate of drug-likeness (QED) is 0.672. The van der Waals surface area contributed by atoms with Crippen molar-refractivity contribution in [2.75, 3.05) is 58.4 Å². The lowest BCUT2D eigenvalue weighted by Crippen LogP contribution is -2.48. The Kier molecular flexibility index (Phi) is 7.42. The number of nitrogens with one attached hydrogen (secondary N) is 1. The topological polar surface area (TPSA) is 99.8 Å². The lowest BCUT2D eigenvalue weighted by molar-refractivity contribution is 0.135. The first-order valence-electron chi connectivity index (χ1n) is 10.2. The van der Waals surface area contributed by atoms with Crippen LogP contribution in [-0.2, 0) is 0 Å². The number of carbonyl (C=O) groups is 1. The molecule has 0 atom stereocenters. The van der Waals surface area contributed by atoms with E-state index in [0.717, 1.165) is 39.0 Å². The summed E-state index contributed by atoms with van der Waals surface area (Å²) in [4.78, 5) is 27.3. The summed E-state index contributed by atoms with van der Waals surface area (Å²) in [5.41, 5.74) is 6.34. The highest BCUT2D eigenvalue weighted by molar-refractivity contribution is 5.88. The van der Waals surface area contributed by atoms with Crippen molar-refractivity contribution in [1.82, 2.24) is 24.7 Å². The van der Waals surface area contributed by atoms with Crippen molar-refractivity contribution in [2.24, 2.45) is 0 Å². The number of rotatable bonds is 7. The summed E-state index contributed by atoms with van der Waals surface area (Å²) in [6, 6.07) is 8.65. The van der Waals surface area contributed by atoms with Crippen LogP contribution in [0.3, 0.4) is 0 Å². The molecule has 1 aliphatic heterocycles. The Morgan fingerprint density at radius 2 is 1.90 bits per heavy atom. The number of aromatic nitrogens is 2. The molecule has 1 saturated heterocycles. The molecule has 0 saturated carbocycles. The van der Waals surface area contributed by atoms with Crippen molar-refractivity contribution < 1.29 is 9.53 Å². The number of urea groups is 1. The summed E-state index contributed by atoms with van der Waals surface area (Å²) in [7, 11) is 6.01. The molecule has 1 aromatic carbocycles. The molecule has 2 heterocycles. The maximum atomic E-state index is 12.7. The maximum Gasteiger partial charge on any atom is 0.323 e. The molecule has 162 valence electrons. The highest BCUT2D eigenvalue weighted by Gasteiger charge is 2.25. The second-order valence-electron chi connectivity index (χ2n) is 7.83. The molecule has 3 rings (SSSR count). The van der Waals surface area contributed by atoms with Crippen LogP contribution in [0.2, 0.25) is 0 Å². The van der Waals surface area contributed by atoms with Gasteiger partial charge in [0.1, 0.15) is 17.9 Å². The third-order valence-electron chi connectivity index (χ3n) is 5.27. The van der Waals surface area contributed by atoms with E-state index in [4.69, 9.17) is 10.5 Å². The molecule has 0 bridgehead atoms. The molecular formula is C21H31N7O2. The van der Waals surface area contributed by atoms with Crippen molar-refractivity contribution in [3.8, 4) is 11.6 Å². The fourth-order valence-electron chi connectivity index (χ4n) is 3.36. The minimum Gasteiger partial charge on any atom is -0.439 e. The number of hydrogen-bond donors (Lipinski definition) is 2. The lowest BCUT2D eigenvalue weighted by Gasteiger charge is -2.37. The molecule has 2 aromatic rings. The van der Waals surface area contributed by atoms with Gasteiger partial charge in [-0.2, -0.15) is 0 Å². The van der Waals surface area contributed by atoms with Gasteiger partial charge in [-0.15, -0.1) is 0 Å². The van der Waals surface area contributed by atoms with Crippen molar-refractivity contribution in [2.45, 2.75) is 18.9 Å². The first-order valence-corrected chi connectivity index (χ1v) is 10.2. The van der Waals surface area contributed by atoms with E-state index in [9.17, 15) is 4.79 Å². The van der Waals surface area contributed by atoms with Crippen LogP contribution in [0.1, 0.15) is 12.8 Å². The number of amides is 2. The van der Waals surface area contributed by atoms with Crippen LogP contribution in [0.4, 0.5) is 16.3 Å². The lowest BCUT2D eigenvalue weighted by atomic mass is 10.0. The number of carbonyl (C=O) groups excluding carboxylic acids is 1. The van der Waals surface area contributed by atoms with Gasteiger partial charge in [-0.05, 0) is 51.2 Å². The Morgan fingerprint density at radius 1 is 1.20 bits per heavy atom. The summed E-state index contributed by atoms with van der Waals surface area (Å²) < 4.78 is 5.70. The van der Waals surface area contributed by atoms with Gasteiger partial charge < -0.3 is 25.2 Å². The zero-order valence-corrected chi connectivity index (χ0v) is 17.9. The van der Waals surface area contributed by atoms with Crippen molar-refractivity contribution in [1.29, 1.82) is 0 Å². The smallest absolute Gasteiger partial charge is 0.323 e. The molecule has 1 aromatic heterocycles. The van der Waals surface area contributed by atoms with E-state index in [2.05, 4.69) is 39.2 Å². The largest absolute Gasteiger partial charge is 0.439 e. The molecular weight excluding hydrogens is 382 g/mol. The van der Waals surface area contributed by atoms with Gasteiger partial charge in [0.05, 0.1) is 0 Å². The van der Waals surface area contributed by atoms with Crippen LogP contribution in [-0.4, -0.2) is 84.1 Å². The predicted molar refractivity (Wildman–Crippen MR) is 118 cm³/mol. The summed E-state index contributed by atoms with van der Waals surface area (Å²) in [5.74, 6) is 1.36. The minimum absolute atomic E-state index is 0.182. The summed E-state index contributed by atoms with van der Waals surface area (Å²) in [5, 5.41) is 2.84. The number of nitrogens with two attached hydrogens (primary N) is 1. The second-order valence-corrected chi connectivity index (χ2v) is 7.83. The Labute approximate surface area is 177 Å². The number of likely N-dealkylation sites (N-methyl/N-ethyl adjacent to an activating group) is 1. The molecule has 0 spiro atoms. The van der Waals surface area contributed by atoms with E-state index in [1.54, 1.807) is 35.2 Å². The van der Waals surface area contributed by atoms with Crippen LogP contribution in [0, 0.1) is 0 Å². The highest BCUT2D eigenvalue weighted by Crippen LogP contribution is 2.22. The maximum absolute atomic E-state index is 12.7. The molecule has 1 aliphatic rings. The zero-order chi connectivity index (χ0) is 21.5. The summed E-state index contributed by atoms with van der Waals surface area (Å²) >= 11 is 0. The molecule has 3 N–H and O–H groups in total. The fourth-order valence-corrected chi connectivity index (χ4v) is 3.36. The van der Waals surface area contributed by atoms with E-state index in [0.29, 0.717) is 23.1 Å². The molecule has 0 radical (unpaired) electrons.